The Bertz CT molecular complexity index is 274. The number of nitrogens with one attached hydrogen (secondary N) is 1. The van der Waals surface area contributed by atoms with Crippen LogP contribution in [0.25, 0.3) is 0 Å². The van der Waals surface area contributed by atoms with Gasteiger partial charge in [-0.2, -0.15) is 0 Å². The van der Waals surface area contributed by atoms with Crippen molar-refractivity contribution >= 4 is 17.8 Å². The largest absolute Gasteiger partial charge is 0.463 e. The molecule has 1 amide bonds. The van der Waals surface area contributed by atoms with Gasteiger partial charge in [0, 0.05) is 6.54 Å². The lowest BCUT2D eigenvalue weighted by atomic mass is 10.4. The van der Waals surface area contributed by atoms with Crippen LogP contribution in [0.2, 0.25) is 0 Å². The molecule has 0 radical (unpaired) electrons. The van der Waals surface area contributed by atoms with Gasteiger partial charge in [-0.25, -0.2) is 4.79 Å². The Morgan fingerprint density at radius 1 is 1.25 bits per heavy atom. The Labute approximate surface area is 93.6 Å². The Hall–Kier alpha value is -1.85. The molecular formula is C10H15NO5. The highest BCUT2D eigenvalue weighted by molar-refractivity contribution is 5.87. The van der Waals surface area contributed by atoms with Crippen molar-refractivity contribution < 1.29 is 23.9 Å². The first-order chi connectivity index (χ1) is 7.60. The fourth-order valence-corrected chi connectivity index (χ4v) is 0.774. The molecule has 6 nitrogen and oxygen atoms in total. The monoisotopic (exact) mass is 229 g/mol. The minimum Gasteiger partial charge on any atom is -0.463 e. The third-order valence-corrected chi connectivity index (χ3v) is 1.47. The van der Waals surface area contributed by atoms with Crippen LogP contribution in [0.15, 0.2) is 12.7 Å². The number of carbonyl (C=O) groups excluding carboxylic acids is 3. The van der Waals surface area contributed by atoms with Gasteiger partial charge in [0.15, 0.2) is 6.61 Å². The second-order valence-electron chi connectivity index (χ2n) is 2.71. The van der Waals surface area contributed by atoms with Crippen LogP contribution in [0.1, 0.15) is 13.3 Å². The Morgan fingerprint density at radius 3 is 2.50 bits per heavy atom. The number of esters is 2. The summed E-state index contributed by atoms with van der Waals surface area (Å²) >= 11 is 0. The molecule has 0 fully saturated rings. The predicted octanol–water partition coefficient (Wildman–Crippen LogP) is -0.215. The predicted molar refractivity (Wildman–Crippen MR) is 55.4 cm³/mol. The van der Waals surface area contributed by atoms with Gasteiger partial charge >= 0.3 is 11.9 Å². The fourth-order valence-electron chi connectivity index (χ4n) is 0.774. The highest BCUT2D eigenvalue weighted by Gasteiger charge is 2.07. The first-order valence-corrected chi connectivity index (χ1v) is 4.81. The van der Waals surface area contributed by atoms with E-state index in [1.807, 2.05) is 0 Å². The highest BCUT2D eigenvalue weighted by Crippen LogP contribution is 1.87. The summed E-state index contributed by atoms with van der Waals surface area (Å²) < 4.78 is 9.13. The van der Waals surface area contributed by atoms with Crippen molar-refractivity contribution in [3.05, 3.63) is 12.7 Å². The van der Waals surface area contributed by atoms with Gasteiger partial charge in [0.05, 0.1) is 13.0 Å². The zero-order chi connectivity index (χ0) is 12.4. The second-order valence-corrected chi connectivity index (χ2v) is 2.71. The van der Waals surface area contributed by atoms with Crippen LogP contribution in [0.3, 0.4) is 0 Å². The van der Waals surface area contributed by atoms with Crippen molar-refractivity contribution in [2.45, 2.75) is 13.3 Å². The van der Waals surface area contributed by atoms with Gasteiger partial charge in [-0.05, 0) is 13.0 Å². The molecule has 0 aromatic carbocycles. The van der Waals surface area contributed by atoms with E-state index < -0.39 is 18.5 Å². The van der Waals surface area contributed by atoms with Crippen molar-refractivity contribution in [3.63, 3.8) is 0 Å². The van der Waals surface area contributed by atoms with E-state index >= 15 is 0 Å². The van der Waals surface area contributed by atoms with E-state index in [0.717, 1.165) is 6.08 Å². The molecule has 0 aliphatic heterocycles. The second kappa shape index (κ2) is 8.46. The summed E-state index contributed by atoms with van der Waals surface area (Å²) in [6.45, 7) is 4.89. The van der Waals surface area contributed by atoms with Crippen LogP contribution in [-0.4, -0.2) is 37.6 Å². The normalized spacial score (nSPS) is 9.06. The van der Waals surface area contributed by atoms with Gasteiger partial charge in [-0.1, -0.05) is 6.58 Å². The topological polar surface area (TPSA) is 81.7 Å². The molecule has 0 saturated heterocycles. The Morgan fingerprint density at radius 2 is 1.94 bits per heavy atom. The summed E-state index contributed by atoms with van der Waals surface area (Å²) in [4.78, 5) is 32.5. The van der Waals surface area contributed by atoms with Crippen LogP contribution >= 0.6 is 0 Å². The average molecular weight is 229 g/mol. The maximum atomic E-state index is 11.0. The molecule has 0 heterocycles. The molecular weight excluding hydrogens is 214 g/mol. The first kappa shape index (κ1) is 14.2. The molecule has 0 aromatic heterocycles. The maximum Gasteiger partial charge on any atom is 0.344 e. The zero-order valence-corrected chi connectivity index (χ0v) is 9.15. The maximum absolute atomic E-state index is 11.0. The molecule has 0 aromatic rings. The van der Waals surface area contributed by atoms with Crippen LogP contribution in [0.5, 0.6) is 0 Å². The molecule has 0 spiro atoms. The van der Waals surface area contributed by atoms with Crippen LogP contribution in [-0.2, 0) is 23.9 Å². The summed E-state index contributed by atoms with van der Waals surface area (Å²) in [5.74, 6) is -1.53. The molecule has 0 atom stereocenters. The van der Waals surface area contributed by atoms with Crippen molar-refractivity contribution in [2.75, 3.05) is 19.8 Å². The van der Waals surface area contributed by atoms with Gasteiger partial charge in [0.1, 0.15) is 0 Å². The number of amides is 1. The van der Waals surface area contributed by atoms with E-state index in [-0.39, 0.29) is 25.5 Å². The van der Waals surface area contributed by atoms with E-state index in [9.17, 15) is 14.4 Å². The van der Waals surface area contributed by atoms with E-state index in [1.54, 1.807) is 6.92 Å². The molecule has 6 heteroatoms. The Balaban J connectivity index is 3.55. The summed E-state index contributed by atoms with van der Waals surface area (Å²) in [5, 5.41) is 2.40. The molecule has 1 N–H and O–H groups in total. The lowest BCUT2D eigenvalue weighted by Crippen LogP contribution is -2.25. The first-order valence-electron chi connectivity index (χ1n) is 4.81. The number of ether oxygens (including phenoxy) is 2. The molecule has 0 bridgehead atoms. The fraction of sp³-hybridized carbons (Fsp3) is 0.500. The van der Waals surface area contributed by atoms with Crippen molar-refractivity contribution in [1.82, 2.24) is 5.32 Å². The van der Waals surface area contributed by atoms with Crippen LogP contribution in [0.4, 0.5) is 0 Å². The lowest BCUT2D eigenvalue weighted by molar-refractivity contribution is -0.158. The molecule has 0 unspecified atom stereocenters. The molecule has 0 rings (SSSR count). The summed E-state index contributed by atoms with van der Waals surface area (Å²) in [6, 6.07) is 0. The molecule has 16 heavy (non-hydrogen) atoms. The SMILES string of the molecule is C=CC(=O)NCCC(=O)OCC(=O)OCC. The Kier molecular flexibility index (Phi) is 7.48. The van der Waals surface area contributed by atoms with Crippen LogP contribution in [0, 0.1) is 0 Å². The number of hydrogen-bond acceptors (Lipinski definition) is 5. The quantitative estimate of drug-likeness (QED) is 0.482. The summed E-state index contributed by atoms with van der Waals surface area (Å²) in [7, 11) is 0. The standard InChI is InChI=1S/C10H15NO5/c1-3-8(12)11-6-5-9(13)16-7-10(14)15-4-2/h3H,1,4-7H2,2H3,(H,11,12). The smallest absolute Gasteiger partial charge is 0.344 e. The van der Waals surface area contributed by atoms with Crippen LogP contribution < -0.4 is 5.32 Å². The van der Waals surface area contributed by atoms with E-state index in [2.05, 4.69) is 21.4 Å². The molecule has 0 aliphatic rings. The van der Waals surface area contributed by atoms with Gasteiger partial charge in [-0.3, -0.25) is 9.59 Å². The number of hydrogen-bond donors (Lipinski definition) is 1. The minimum atomic E-state index is -0.592. The lowest BCUT2D eigenvalue weighted by Gasteiger charge is -2.04. The van der Waals surface area contributed by atoms with Crippen molar-refractivity contribution in [1.29, 1.82) is 0 Å². The van der Waals surface area contributed by atoms with Gasteiger partial charge in [-0.15, -0.1) is 0 Å². The van der Waals surface area contributed by atoms with E-state index in [4.69, 9.17) is 0 Å². The third-order valence-electron chi connectivity index (χ3n) is 1.47. The molecule has 0 saturated carbocycles. The summed E-state index contributed by atoms with van der Waals surface area (Å²) in [6.07, 6.45) is 1.10. The number of carbonyl (C=O) groups is 3. The van der Waals surface area contributed by atoms with Crippen molar-refractivity contribution in [2.24, 2.45) is 0 Å². The molecule has 0 aliphatic carbocycles. The van der Waals surface area contributed by atoms with Gasteiger partial charge in [0.25, 0.3) is 0 Å². The van der Waals surface area contributed by atoms with Crippen molar-refractivity contribution in [3.8, 4) is 0 Å². The average Bonchev–Trinajstić information content (AvgIpc) is 2.26. The number of rotatable bonds is 7. The third kappa shape index (κ3) is 7.54. The molecule has 90 valence electrons. The van der Waals surface area contributed by atoms with E-state index in [1.165, 1.54) is 0 Å². The van der Waals surface area contributed by atoms with Gasteiger partial charge in [0.2, 0.25) is 5.91 Å². The van der Waals surface area contributed by atoms with Gasteiger partial charge < -0.3 is 14.8 Å². The highest BCUT2D eigenvalue weighted by atomic mass is 16.6. The zero-order valence-electron chi connectivity index (χ0n) is 9.15. The van der Waals surface area contributed by atoms with E-state index in [0.29, 0.717) is 0 Å². The summed E-state index contributed by atoms with van der Waals surface area (Å²) in [5.41, 5.74) is 0. The minimum absolute atomic E-state index is 0.00101.